The van der Waals surface area contributed by atoms with Crippen molar-refractivity contribution in [3.05, 3.63) is 46.3 Å². The van der Waals surface area contributed by atoms with Crippen LogP contribution in [-0.4, -0.2) is 63.2 Å². The summed E-state index contributed by atoms with van der Waals surface area (Å²) >= 11 is 1.05. The standard InChI is InChI=1S/C22H25N5O5S.C7H15NO2.ClH/c1-6-31-20(30)17-12(2)23-21(33-17)25-16(28)11-22(4,5)26-19(29)15-9-7-8-14(10-15)18-24-13(3)32-27-18;1-4-10-6(9)5-7(2,3)8;/h7-10H,6,11H2,1-5H3,(H,26,29)(H,23,25,28);4-5,8H2,1-3H3;1H. The lowest BCUT2D eigenvalue weighted by atomic mass is 9.99. The minimum atomic E-state index is -0.851. The zero-order chi connectivity index (χ0) is 32.4. The van der Waals surface area contributed by atoms with E-state index in [0.29, 0.717) is 45.2 Å². The molecule has 1 aromatic carbocycles. The van der Waals surface area contributed by atoms with E-state index in [4.69, 9.17) is 19.7 Å². The minimum absolute atomic E-state index is 0. The Hall–Kier alpha value is -3.88. The summed E-state index contributed by atoms with van der Waals surface area (Å²) in [6, 6.07) is 6.82. The first-order valence-corrected chi connectivity index (χ1v) is 14.5. The molecule has 0 aliphatic heterocycles. The van der Waals surface area contributed by atoms with Crippen molar-refractivity contribution in [3.63, 3.8) is 0 Å². The van der Waals surface area contributed by atoms with Gasteiger partial charge in [0.05, 0.1) is 25.3 Å². The van der Waals surface area contributed by atoms with Gasteiger partial charge in [0.15, 0.2) is 5.13 Å². The summed E-state index contributed by atoms with van der Waals surface area (Å²) in [7, 11) is 0. The molecule has 2 aromatic heterocycles. The molecule has 0 atom stereocenters. The van der Waals surface area contributed by atoms with Crippen LogP contribution in [0.2, 0.25) is 0 Å². The molecule has 0 spiro atoms. The fourth-order valence-corrected chi connectivity index (χ4v) is 4.50. The van der Waals surface area contributed by atoms with Gasteiger partial charge in [0.25, 0.3) is 5.91 Å². The molecule has 0 unspecified atom stereocenters. The Bertz CT molecular complexity index is 1430. The van der Waals surface area contributed by atoms with E-state index in [9.17, 15) is 19.2 Å². The van der Waals surface area contributed by atoms with Crippen LogP contribution >= 0.6 is 23.7 Å². The molecule has 3 rings (SSSR count). The lowest BCUT2D eigenvalue weighted by Crippen LogP contribution is -2.45. The molecule has 4 N–H and O–H groups in total. The van der Waals surface area contributed by atoms with Gasteiger partial charge < -0.3 is 30.4 Å². The molecule has 242 valence electrons. The average Bonchev–Trinajstić information content (AvgIpc) is 3.48. The fraction of sp³-hybridized carbons (Fsp3) is 0.483. The topological polar surface area (TPSA) is 189 Å². The summed E-state index contributed by atoms with van der Waals surface area (Å²) < 4.78 is 14.7. The number of ether oxygens (including phenoxy) is 2. The summed E-state index contributed by atoms with van der Waals surface area (Å²) in [5.41, 5.74) is 5.79. The Kier molecular flexibility index (Phi) is 14.6. The highest BCUT2D eigenvalue weighted by molar-refractivity contribution is 7.17. The second-order valence-electron chi connectivity index (χ2n) is 10.9. The average molecular weight is 653 g/mol. The van der Waals surface area contributed by atoms with Crippen LogP contribution in [0.25, 0.3) is 11.4 Å². The highest BCUT2D eigenvalue weighted by Crippen LogP contribution is 2.24. The quantitative estimate of drug-likeness (QED) is 0.245. The van der Waals surface area contributed by atoms with Gasteiger partial charge in [-0.05, 0) is 60.6 Å². The van der Waals surface area contributed by atoms with Crippen LogP contribution in [-0.2, 0) is 19.1 Å². The number of carbonyl (C=O) groups is 4. The maximum Gasteiger partial charge on any atom is 0.350 e. The molecule has 2 amide bonds. The van der Waals surface area contributed by atoms with Crippen LogP contribution < -0.4 is 16.4 Å². The van der Waals surface area contributed by atoms with Crippen molar-refractivity contribution < 1.29 is 33.2 Å². The molecule has 0 aliphatic rings. The zero-order valence-corrected chi connectivity index (χ0v) is 27.9. The zero-order valence-electron chi connectivity index (χ0n) is 26.2. The number of nitrogens with two attached hydrogens (primary N) is 1. The number of carbonyl (C=O) groups excluding carboxylic acids is 4. The Morgan fingerprint density at radius 1 is 1.00 bits per heavy atom. The Morgan fingerprint density at radius 3 is 2.23 bits per heavy atom. The number of hydrogen-bond acceptors (Lipinski definition) is 12. The van der Waals surface area contributed by atoms with Crippen LogP contribution in [0.1, 0.15) is 86.0 Å². The highest BCUT2D eigenvalue weighted by Gasteiger charge is 2.26. The molecule has 0 saturated heterocycles. The van der Waals surface area contributed by atoms with Crippen molar-refractivity contribution in [1.82, 2.24) is 20.4 Å². The summed E-state index contributed by atoms with van der Waals surface area (Å²) in [5, 5.41) is 9.72. The normalized spacial score (nSPS) is 10.9. The SMILES string of the molecule is CCOC(=O)CC(C)(C)N.CCOC(=O)c1sc(NC(=O)CC(C)(C)NC(=O)c2cccc(-c3noc(C)n3)c2)nc1C.Cl. The first-order valence-electron chi connectivity index (χ1n) is 13.7. The number of benzene rings is 1. The van der Waals surface area contributed by atoms with Gasteiger partial charge in [0.1, 0.15) is 4.88 Å². The van der Waals surface area contributed by atoms with E-state index in [-0.39, 0.29) is 49.6 Å². The highest BCUT2D eigenvalue weighted by atomic mass is 35.5. The molecule has 0 fully saturated rings. The van der Waals surface area contributed by atoms with Crippen molar-refractivity contribution in [2.45, 2.75) is 79.3 Å². The van der Waals surface area contributed by atoms with Gasteiger partial charge in [-0.3, -0.25) is 14.4 Å². The van der Waals surface area contributed by atoms with E-state index >= 15 is 0 Å². The number of rotatable bonds is 11. The Balaban J connectivity index is 0.000000758. The third-order valence-electron chi connectivity index (χ3n) is 5.37. The second-order valence-corrected chi connectivity index (χ2v) is 11.9. The predicted molar refractivity (Wildman–Crippen MR) is 169 cm³/mol. The van der Waals surface area contributed by atoms with E-state index in [1.807, 2.05) is 0 Å². The molecule has 13 nitrogen and oxygen atoms in total. The monoisotopic (exact) mass is 652 g/mol. The number of halogens is 1. The maximum atomic E-state index is 12.8. The lowest BCUT2D eigenvalue weighted by Gasteiger charge is -2.25. The summed E-state index contributed by atoms with van der Waals surface area (Å²) in [4.78, 5) is 56.8. The number of aromatic nitrogens is 3. The number of amides is 2. The van der Waals surface area contributed by atoms with Crippen LogP contribution in [0.5, 0.6) is 0 Å². The van der Waals surface area contributed by atoms with Crippen LogP contribution in [0.15, 0.2) is 28.8 Å². The molecule has 0 radical (unpaired) electrons. The molecule has 15 heteroatoms. The van der Waals surface area contributed by atoms with Gasteiger partial charge in [-0.1, -0.05) is 28.6 Å². The third kappa shape index (κ3) is 12.8. The van der Waals surface area contributed by atoms with Gasteiger partial charge in [-0.15, -0.1) is 12.4 Å². The number of anilines is 1. The number of nitrogens with one attached hydrogen (secondary N) is 2. The minimum Gasteiger partial charge on any atom is -0.466 e. The van der Waals surface area contributed by atoms with Crippen molar-refractivity contribution >= 4 is 52.6 Å². The van der Waals surface area contributed by atoms with Gasteiger partial charge in [-0.2, -0.15) is 4.98 Å². The van der Waals surface area contributed by atoms with E-state index in [1.165, 1.54) is 0 Å². The number of hydrogen-bond donors (Lipinski definition) is 3. The molecule has 0 bridgehead atoms. The van der Waals surface area contributed by atoms with Gasteiger partial charge in [0.2, 0.25) is 17.6 Å². The first-order chi connectivity index (χ1) is 20.0. The lowest BCUT2D eigenvalue weighted by molar-refractivity contribution is -0.144. The molecular formula is C29H41ClN6O7S. The number of thiazole rings is 1. The first kappa shape index (κ1) is 38.1. The molecular weight excluding hydrogens is 612 g/mol. The maximum absolute atomic E-state index is 12.8. The number of esters is 2. The van der Waals surface area contributed by atoms with E-state index in [1.54, 1.807) is 79.7 Å². The van der Waals surface area contributed by atoms with E-state index < -0.39 is 17.0 Å². The molecule has 0 saturated carbocycles. The fourth-order valence-electron chi connectivity index (χ4n) is 3.62. The largest absolute Gasteiger partial charge is 0.466 e. The van der Waals surface area contributed by atoms with Gasteiger partial charge >= 0.3 is 11.9 Å². The molecule has 0 aliphatic carbocycles. The summed E-state index contributed by atoms with van der Waals surface area (Å²) in [5.74, 6) is -0.572. The number of nitrogens with zero attached hydrogens (tertiary/aromatic N) is 3. The summed E-state index contributed by atoms with van der Waals surface area (Å²) in [6.07, 6.45) is 0.274. The van der Waals surface area contributed by atoms with Gasteiger partial charge in [-0.25, -0.2) is 9.78 Å². The predicted octanol–water partition coefficient (Wildman–Crippen LogP) is 4.62. The van der Waals surface area contributed by atoms with Crippen molar-refractivity contribution in [2.75, 3.05) is 18.5 Å². The van der Waals surface area contributed by atoms with E-state index in [2.05, 4.69) is 25.8 Å². The van der Waals surface area contributed by atoms with E-state index in [0.717, 1.165) is 11.3 Å². The second kappa shape index (κ2) is 16.8. The van der Waals surface area contributed by atoms with Gasteiger partial charge in [0, 0.05) is 35.5 Å². The van der Waals surface area contributed by atoms with Crippen LogP contribution in [0.4, 0.5) is 5.13 Å². The third-order valence-corrected chi connectivity index (χ3v) is 6.43. The molecule has 3 aromatic rings. The Labute approximate surface area is 267 Å². The van der Waals surface area contributed by atoms with Crippen molar-refractivity contribution in [1.29, 1.82) is 0 Å². The smallest absolute Gasteiger partial charge is 0.350 e. The molecule has 44 heavy (non-hydrogen) atoms. The summed E-state index contributed by atoms with van der Waals surface area (Å²) in [6.45, 7) is 14.6. The Morgan fingerprint density at radius 2 is 1.66 bits per heavy atom. The number of aryl methyl sites for hydroxylation is 2. The van der Waals surface area contributed by atoms with Crippen molar-refractivity contribution in [3.8, 4) is 11.4 Å². The molecule has 2 heterocycles. The van der Waals surface area contributed by atoms with Crippen LogP contribution in [0, 0.1) is 13.8 Å². The van der Waals surface area contributed by atoms with Crippen LogP contribution in [0.3, 0.4) is 0 Å². The van der Waals surface area contributed by atoms with Crippen molar-refractivity contribution in [2.24, 2.45) is 5.73 Å².